The molecule has 0 aliphatic carbocycles. The zero-order valence-electron chi connectivity index (χ0n) is 3.77. The molecule has 0 aliphatic rings. The van der Waals surface area contributed by atoms with E-state index in [9.17, 15) is 0 Å². The molecule has 0 fully saturated rings. The number of rotatable bonds is 1. The molecule has 0 aromatic carbocycles. The first kappa shape index (κ1) is 6.25. The molecular formula is C4H6N2S. The molecule has 0 radical (unpaired) electrons. The average Bonchev–Trinajstić information content (AvgIpc) is 1.61. The zero-order valence-corrected chi connectivity index (χ0v) is 4.59. The van der Waals surface area contributed by atoms with Crippen molar-refractivity contribution in [3.05, 3.63) is 0 Å². The maximum atomic E-state index is 5.00. The maximum Gasteiger partial charge on any atom is 0.164 e. The van der Waals surface area contributed by atoms with Gasteiger partial charge in [0.15, 0.2) is 5.11 Å². The van der Waals surface area contributed by atoms with Crippen LogP contribution in [0.2, 0.25) is 0 Å². The van der Waals surface area contributed by atoms with Crippen LogP contribution in [0.5, 0.6) is 0 Å². The van der Waals surface area contributed by atoms with Gasteiger partial charge in [0.1, 0.15) is 0 Å². The Morgan fingerprint density at radius 3 is 2.71 bits per heavy atom. The van der Waals surface area contributed by atoms with Crippen LogP contribution in [0.1, 0.15) is 0 Å². The van der Waals surface area contributed by atoms with Crippen molar-refractivity contribution >= 4 is 17.3 Å². The van der Waals surface area contributed by atoms with Crippen molar-refractivity contribution in [2.75, 3.05) is 6.54 Å². The summed E-state index contributed by atoms with van der Waals surface area (Å²) in [4.78, 5) is 0. The van der Waals surface area contributed by atoms with Gasteiger partial charge in [0.05, 0.1) is 6.54 Å². The molecule has 0 rings (SSSR count). The Kier molecular flexibility index (Phi) is 3.07. The van der Waals surface area contributed by atoms with Crippen LogP contribution in [0.15, 0.2) is 0 Å². The third-order valence-electron chi connectivity index (χ3n) is 0.365. The first-order valence-electron chi connectivity index (χ1n) is 1.74. The summed E-state index contributed by atoms with van der Waals surface area (Å²) in [6.07, 6.45) is 4.85. The fraction of sp³-hybridized carbons (Fsp3) is 0.250. The van der Waals surface area contributed by atoms with Crippen LogP contribution in [0.3, 0.4) is 0 Å². The lowest BCUT2D eigenvalue weighted by atomic mass is 10.7. The molecule has 0 aliphatic heterocycles. The highest BCUT2D eigenvalue weighted by atomic mass is 32.1. The first-order valence-corrected chi connectivity index (χ1v) is 2.15. The lowest BCUT2D eigenvalue weighted by Gasteiger charge is -1.92. The number of nitrogens with one attached hydrogen (secondary N) is 1. The number of nitrogens with two attached hydrogens (primary N) is 1. The van der Waals surface area contributed by atoms with E-state index in [0.717, 1.165) is 0 Å². The molecule has 0 amide bonds. The van der Waals surface area contributed by atoms with Crippen LogP contribution < -0.4 is 11.1 Å². The second kappa shape index (κ2) is 3.44. The van der Waals surface area contributed by atoms with Crippen molar-refractivity contribution in [2.24, 2.45) is 5.73 Å². The van der Waals surface area contributed by atoms with E-state index in [0.29, 0.717) is 6.54 Å². The molecule has 0 heterocycles. The summed E-state index contributed by atoms with van der Waals surface area (Å²) in [6.45, 7) is 0.412. The molecule has 38 valence electrons. The van der Waals surface area contributed by atoms with E-state index in [2.05, 4.69) is 23.5 Å². The first-order chi connectivity index (χ1) is 3.27. The number of hydrogen-bond donors (Lipinski definition) is 2. The van der Waals surface area contributed by atoms with Gasteiger partial charge in [-0.1, -0.05) is 5.92 Å². The van der Waals surface area contributed by atoms with Gasteiger partial charge in [-0.05, 0) is 12.2 Å². The Hall–Kier alpha value is -0.750. The number of terminal acetylenes is 1. The minimum atomic E-state index is 0.248. The molecule has 0 atom stereocenters. The van der Waals surface area contributed by atoms with Gasteiger partial charge in [-0.2, -0.15) is 0 Å². The van der Waals surface area contributed by atoms with Gasteiger partial charge in [0.2, 0.25) is 0 Å². The van der Waals surface area contributed by atoms with Crippen LogP contribution in [0.25, 0.3) is 0 Å². The van der Waals surface area contributed by atoms with Crippen molar-refractivity contribution < 1.29 is 0 Å². The molecule has 0 aromatic heterocycles. The summed E-state index contributed by atoms with van der Waals surface area (Å²) < 4.78 is 0. The predicted octanol–water partition coefficient (Wildman–Crippen LogP) is -0.547. The van der Waals surface area contributed by atoms with E-state index >= 15 is 0 Å². The SMILES string of the molecule is C#CCNC(N)=S. The molecule has 0 unspecified atom stereocenters. The van der Waals surface area contributed by atoms with E-state index in [1.807, 2.05) is 0 Å². The topological polar surface area (TPSA) is 38.0 Å². The molecule has 0 spiro atoms. The van der Waals surface area contributed by atoms with E-state index in [1.165, 1.54) is 0 Å². The van der Waals surface area contributed by atoms with Crippen molar-refractivity contribution in [3.8, 4) is 12.3 Å². The van der Waals surface area contributed by atoms with Crippen LogP contribution >= 0.6 is 12.2 Å². The summed E-state index contributed by atoms with van der Waals surface area (Å²) >= 11 is 4.43. The molecule has 0 bridgehead atoms. The van der Waals surface area contributed by atoms with Gasteiger partial charge in [-0.15, -0.1) is 6.42 Å². The highest BCUT2D eigenvalue weighted by molar-refractivity contribution is 7.80. The summed E-state index contributed by atoms with van der Waals surface area (Å²) in [5.74, 6) is 2.32. The van der Waals surface area contributed by atoms with Crippen molar-refractivity contribution in [3.63, 3.8) is 0 Å². The molecule has 2 nitrogen and oxygen atoms in total. The van der Waals surface area contributed by atoms with Crippen LogP contribution in [0.4, 0.5) is 0 Å². The predicted molar refractivity (Wildman–Crippen MR) is 33.6 cm³/mol. The fourth-order valence-electron chi connectivity index (χ4n) is 0.138. The molecule has 3 N–H and O–H groups in total. The Bertz CT molecular complexity index is 103. The van der Waals surface area contributed by atoms with Gasteiger partial charge in [0, 0.05) is 0 Å². The smallest absolute Gasteiger partial charge is 0.164 e. The molecule has 7 heavy (non-hydrogen) atoms. The second-order valence-electron chi connectivity index (χ2n) is 0.922. The third kappa shape index (κ3) is 5.25. The van der Waals surface area contributed by atoms with E-state index in [1.54, 1.807) is 0 Å². The van der Waals surface area contributed by atoms with Gasteiger partial charge in [-0.25, -0.2) is 0 Å². The zero-order chi connectivity index (χ0) is 5.70. The standard InChI is InChI=1S/C4H6N2S/c1-2-3-6-4(5)7/h1H,3H2,(H3,5,6,7). The van der Waals surface area contributed by atoms with Crippen molar-refractivity contribution in [1.82, 2.24) is 5.32 Å². The third-order valence-corrected chi connectivity index (χ3v) is 0.509. The van der Waals surface area contributed by atoms with Gasteiger partial charge in [0.25, 0.3) is 0 Å². The highest BCUT2D eigenvalue weighted by Crippen LogP contribution is 1.53. The van der Waals surface area contributed by atoms with Crippen molar-refractivity contribution in [1.29, 1.82) is 0 Å². The monoisotopic (exact) mass is 114 g/mol. The number of thiocarbonyl (C=S) groups is 1. The van der Waals surface area contributed by atoms with E-state index < -0.39 is 0 Å². The lowest BCUT2D eigenvalue weighted by molar-refractivity contribution is 1.08. The molecule has 0 aromatic rings. The van der Waals surface area contributed by atoms with Gasteiger partial charge in [-0.3, -0.25) is 0 Å². The largest absolute Gasteiger partial charge is 0.376 e. The number of hydrogen-bond acceptors (Lipinski definition) is 1. The second-order valence-corrected chi connectivity index (χ2v) is 1.36. The van der Waals surface area contributed by atoms with Gasteiger partial charge >= 0.3 is 0 Å². The molecule has 0 saturated heterocycles. The minimum Gasteiger partial charge on any atom is -0.376 e. The lowest BCUT2D eigenvalue weighted by Crippen LogP contribution is -2.28. The Balaban J connectivity index is 3.02. The van der Waals surface area contributed by atoms with Crippen LogP contribution in [-0.2, 0) is 0 Å². The Labute approximate surface area is 48.1 Å². The van der Waals surface area contributed by atoms with Crippen LogP contribution in [0, 0.1) is 12.3 Å². The maximum absolute atomic E-state index is 5.00. The summed E-state index contributed by atoms with van der Waals surface area (Å²) in [5, 5.41) is 2.82. The molecule has 3 heteroatoms. The normalized spacial score (nSPS) is 6.71. The quantitative estimate of drug-likeness (QED) is 0.355. The summed E-state index contributed by atoms with van der Waals surface area (Å²) in [7, 11) is 0. The van der Waals surface area contributed by atoms with Crippen LogP contribution in [-0.4, -0.2) is 11.7 Å². The van der Waals surface area contributed by atoms with E-state index in [-0.39, 0.29) is 5.11 Å². The summed E-state index contributed by atoms with van der Waals surface area (Å²) in [5.41, 5.74) is 5.00. The molecule has 0 saturated carbocycles. The van der Waals surface area contributed by atoms with Crippen molar-refractivity contribution in [2.45, 2.75) is 0 Å². The van der Waals surface area contributed by atoms with Gasteiger partial charge < -0.3 is 11.1 Å². The van der Waals surface area contributed by atoms with E-state index in [4.69, 9.17) is 12.2 Å². The highest BCUT2D eigenvalue weighted by Gasteiger charge is 1.76. The minimum absolute atomic E-state index is 0.248. The average molecular weight is 114 g/mol. The Morgan fingerprint density at radius 2 is 2.57 bits per heavy atom. The Morgan fingerprint density at radius 1 is 2.00 bits per heavy atom. The fourth-order valence-corrected chi connectivity index (χ4v) is 0.210. The summed E-state index contributed by atoms with van der Waals surface area (Å²) in [6, 6.07) is 0. The molecular weight excluding hydrogens is 108 g/mol.